The topological polar surface area (TPSA) is 41.9 Å². The van der Waals surface area contributed by atoms with Crippen LogP contribution in [0, 0.1) is 0 Å². The Hall–Kier alpha value is -1.10. The molecule has 2 fully saturated rings. The Morgan fingerprint density at radius 3 is 2.82 bits per heavy atom. The molecule has 92 valence electrons. The van der Waals surface area contributed by atoms with Gasteiger partial charge in [-0.15, -0.1) is 0 Å². The summed E-state index contributed by atoms with van der Waals surface area (Å²) >= 11 is 0. The van der Waals surface area contributed by atoms with E-state index in [-0.39, 0.29) is 12.3 Å². The van der Waals surface area contributed by atoms with Crippen LogP contribution < -0.4 is 4.74 Å². The van der Waals surface area contributed by atoms with Crippen molar-refractivity contribution in [3.63, 3.8) is 0 Å². The first-order chi connectivity index (χ1) is 8.28. The zero-order valence-corrected chi connectivity index (χ0v) is 9.87. The van der Waals surface area contributed by atoms with Gasteiger partial charge in [0.15, 0.2) is 0 Å². The second kappa shape index (κ2) is 4.29. The van der Waals surface area contributed by atoms with Gasteiger partial charge in [-0.2, -0.15) is 0 Å². The number of hydrogen-bond acceptors (Lipinski definition) is 4. The van der Waals surface area contributed by atoms with E-state index in [4.69, 9.17) is 9.47 Å². The van der Waals surface area contributed by atoms with Crippen molar-refractivity contribution in [2.45, 2.75) is 24.8 Å². The molecule has 1 aromatic carbocycles. The van der Waals surface area contributed by atoms with E-state index >= 15 is 0 Å². The fourth-order valence-electron chi connectivity index (χ4n) is 2.72. The second-order valence-electron chi connectivity index (χ2n) is 4.70. The summed E-state index contributed by atoms with van der Waals surface area (Å²) in [6.07, 6.45) is 0.611. The number of rotatable bonds is 2. The molecule has 2 saturated heterocycles. The van der Waals surface area contributed by atoms with Gasteiger partial charge in [-0.1, -0.05) is 12.1 Å². The van der Waals surface area contributed by atoms with E-state index in [0.717, 1.165) is 17.7 Å². The number of benzene rings is 1. The Morgan fingerprint density at radius 2 is 2.12 bits per heavy atom. The maximum atomic E-state index is 9.66. The molecule has 3 rings (SSSR count). The van der Waals surface area contributed by atoms with Crippen molar-refractivity contribution < 1.29 is 14.6 Å². The van der Waals surface area contributed by atoms with Gasteiger partial charge in [0.25, 0.3) is 0 Å². The summed E-state index contributed by atoms with van der Waals surface area (Å²) in [6.45, 7) is 1.43. The fourth-order valence-corrected chi connectivity index (χ4v) is 2.72. The monoisotopic (exact) mass is 235 g/mol. The van der Waals surface area contributed by atoms with Crippen molar-refractivity contribution in [1.29, 1.82) is 0 Å². The molecule has 0 aromatic heterocycles. The van der Waals surface area contributed by atoms with Crippen LogP contribution in [0.15, 0.2) is 24.3 Å². The largest absolute Gasteiger partial charge is 0.497 e. The van der Waals surface area contributed by atoms with Crippen LogP contribution in [0.4, 0.5) is 0 Å². The molecule has 0 saturated carbocycles. The van der Waals surface area contributed by atoms with Crippen LogP contribution in [0.3, 0.4) is 0 Å². The smallest absolute Gasteiger partial charge is 0.137 e. The average Bonchev–Trinajstić information content (AvgIpc) is 2.88. The van der Waals surface area contributed by atoms with Crippen LogP contribution in [0.1, 0.15) is 18.2 Å². The number of ether oxygens (including phenoxy) is 2. The summed E-state index contributed by atoms with van der Waals surface area (Å²) in [7, 11) is 1.66. The Balaban J connectivity index is 1.79. The van der Waals surface area contributed by atoms with Crippen molar-refractivity contribution in [3.8, 4) is 5.75 Å². The first kappa shape index (κ1) is 11.0. The standard InChI is InChI=1S/C13H17NO3/c1-16-12-4-2-9(3-5-12)13-14-7-11(15)6-10(14)8-17-13/h2-5,10-11,13,15H,6-8H2,1H3/t10-,11?,13+/m0/s1. The molecule has 4 nitrogen and oxygen atoms in total. The van der Waals surface area contributed by atoms with Gasteiger partial charge in [0, 0.05) is 12.6 Å². The molecular weight excluding hydrogens is 218 g/mol. The highest BCUT2D eigenvalue weighted by atomic mass is 16.5. The highest BCUT2D eigenvalue weighted by Crippen LogP contribution is 2.36. The third kappa shape index (κ3) is 1.92. The van der Waals surface area contributed by atoms with Gasteiger partial charge in [-0.05, 0) is 24.1 Å². The molecule has 0 spiro atoms. The highest BCUT2D eigenvalue weighted by Gasteiger charge is 2.41. The van der Waals surface area contributed by atoms with E-state index in [2.05, 4.69) is 4.90 Å². The van der Waals surface area contributed by atoms with E-state index in [1.165, 1.54) is 0 Å². The van der Waals surface area contributed by atoms with E-state index < -0.39 is 0 Å². The second-order valence-corrected chi connectivity index (χ2v) is 4.70. The minimum atomic E-state index is -0.204. The molecule has 0 bridgehead atoms. The minimum absolute atomic E-state index is 0.0111. The van der Waals surface area contributed by atoms with Gasteiger partial charge >= 0.3 is 0 Å². The average molecular weight is 235 g/mol. The lowest BCUT2D eigenvalue weighted by Crippen LogP contribution is -2.27. The molecule has 0 aliphatic carbocycles. The minimum Gasteiger partial charge on any atom is -0.497 e. The highest BCUT2D eigenvalue weighted by molar-refractivity contribution is 5.29. The zero-order chi connectivity index (χ0) is 11.8. The molecule has 1 unspecified atom stereocenters. The molecular formula is C13H17NO3. The maximum absolute atomic E-state index is 9.66. The predicted octanol–water partition coefficient (Wildman–Crippen LogP) is 1.16. The van der Waals surface area contributed by atoms with Gasteiger partial charge in [0.05, 0.1) is 19.8 Å². The van der Waals surface area contributed by atoms with Crippen LogP contribution in [0.2, 0.25) is 0 Å². The first-order valence-electron chi connectivity index (χ1n) is 5.97. The van der Waals surface area contributed by atoms with Crippen LogP contribution in [-0.2, 0) is 4.74 Å². The zero-order valence-electron chi connectivity index (χ0n) is 9.87. The fraction of sp³-hybridized carbons (Fsp3) is 0.538. The van der Waals surface area contributed by atoms with Crippen LogP contribution in [-0.4, -0.2) is 42.4 Å². The molecule has 2 heterocycles. The molecule has 0 amide bonds. The number of aliphatic hydroxyl groups is 1. The number of aliphatic hydroxyl groups excluding tert-OH is 1. The summed E-state index contributed by atoms with van der Waals surface area (Å²) < 4.78 is 10.9. The first-order valence-corrected chi connectivity index (χ1v) is 5.97. The summed E-state index contributed by atoms with van der Waals surface area (Å²) in [5.74, 6) is 0.852. The molecule has 17 heavy (non-hydrogen) atoms. The van der Waals surface area contributed by atoms with Crippen molar-refractivity contribution in [2.75, 3.05) is 20.3 Å². The summed E-state index contributed by atoms with van der Waals surface area (Å²) in [5, 5.41) is 9.66. The van der Waals surface area contributed by atoms with Crippen molar-refractivity contribution in [3.05, 3.63) is 29.8 Å². The molecule has 4 heteroatoms. The van der Waals surface area contributed by atoms with Crippen molar-refractivity contribution in [1.82, 2.24) is 4.90 Å². The number of fused-ring (bicyclic) bond motifs is 1. The molecule has 1 N–H and O–H groups in total. The predicted molar refractivity (Wildman–Crippen MR) is 62.8 cm³/mol. The van der Waals surface area contributed by atoms with E-state index in [1.807, 2.05) is 24.3 Å². The van der Waals surface area contributed by atoms with Crippen molar-refractivity contribution >= 4 is 0 Å². The SMILES string of the molecule is COc1ccc([C@H]2OC[C@@H]3CC(O)CN32)cc1. The lowest BCUT2D eigenvalue weighted by atomic mass is 10.2. The lowest BCUT2D eigenvalue weighted by Gasteiger charge is -2.22. The van der Waals surface area contributed by atoms with Gasteiger partial charge in [0.2, 0.25) is 0 Å². The quantitative estimate of drug-likeness (QED) is 0.835. The van der Waals surface area contributed by atoms with E-state index in [0.29, 0.717) is 19.2 Å². The molecule has 2 aliphatic rings. The maximum Gasteiger partial charge on any atom is 0.137 e. The number of nitrogens with zero attached hydrogens (tertiary/aromatic N) is 1. The van der Waals surface area contributed by atoms with Crippen molar-refractivity contribution in [2.24, 2.45) is 0 Å². The van der Waals surface area contributed by atoms with Gasteiger partial charge in [-0.3, -0.25) is 4.90 Å². The number of methoxy groups -OCH3 is 1. The molecule has 3 atom stereocenters. The molecule has 0 radical (unpaired) electrons. The lowest BCUT2D eigenvalue weighted by molar-refractivity contribution is 0.0211. The Kier molecular flexibility index (Phi) is 2.78. The molecule has 1 aromatic rings. The summed E-state index contributed by atoms with van der Waals surface area (Å²) in [5.41, 5.74) is 1.13. The number of hydrogen-bond donors (Lipinski definition) is 1. The van der Waals surface area contributed by atoms with Crippen LogP contribution in [0.5, 0.6) is 5.75 Å². The Bertz CT molecular complexity index is 392. The Morgan fingerprint density at radius 1 is 1.35 bits per heavy atom. The Labute approximate surface area is 101 Å². The summed E-state index contributed by atoms with van der Waals surface area (Å²) in [4.78, 5) is 2.24. The third-order valence-electron chi connectivity index (χ3n) is 3.58. The van der Waals surface area contributed by atoms with Gasteiger partial charge < -0.3 is 14.6 Å². The van der Waals surface area contributed by atoms with E-state index in [1.54, 1.807) is 7.11 Å². The van der Waals surface area contributed by atoms with Gasteiger partial charge in [0.1, 0.15) is 12.0 Å². The normalized spacial score (nSPS) is 32.7. The molecule has 2 aliphatic heterocycles. The third-order valence-corrected chi connectivity index (χ3v) is 3.58. The van der Waals surface area contributed by atoms with Crippen LogP contribution in [0.25, 0.3) is 0 Å². The summed E-state index contributed by atoms with van der Waals surface area (Å²) in [6, 6.07) is 8.31. The van der Waals surface area contributed by atoms with Gasteiger partial charge in [-0.25, -0.2) is 0 Å². The van der Waals surface area contributed by atoms with Crippen LogP contribution >= 0.6 is 0 Å². The van der Waals surface area contributed by atoms with E-state index in [9.17, 15) is 5.11 Å².